The summed E-state index contributed by atoms with van der Waals surface area (Å²) in [5, 5.41) is 14.6. The van der Waals surface area contributed by atoms with Gasteiger partial charge in [0, 0.05) is 19.1 Å². The predicted molar refractivity (Wildman–Crippen MR) is 51.9 cm³/mol. The minimum absolute atomic E-state index is 0.0322. The molecule has 0 aromatic heterocycles. The van der Waals surface area contributed by atoms with E-state index in [0.29, 0.717) is 13.0 Å². The highest BCUT2D eigenvalue weighted by Crippen LogP contribution is 2.01. The molecule has 1 fully saturated rings. The van der Waals surface area contributed by atoms with E-state index in [0.717, 1.165) is 13.1 Å². The van der Waals surface area contributed by atoms with Crippen LogP contribution in [0, 0.1) is 0 Å². The van der Waals surface area contributed by atoms with Crippen molar-refractivity contribution in [3.05, 3.63) is 0 Å². The van der Waals surface area contributed by atoms with Crippen molar-refractivity contribution in [2.75, 3.05) is 26.3 Å². The first-order valence-corrected chi connectivity index (χ1v) is 4.95. The van der Waals surface area contributed by atoms with E-state index < -0.39 is 0 Å². The van der Waals surface area contributed by atoms with Crippen LogP contribution in [0.5, 0.6) is 0 Å². The molecule has 2 unspecified atom stereocenters. The van der Waals surface area contributed by atoms with Crippen LogP contribution in [-0.4, -0.2) is 49.5 Å². The molecule has 1 amide bonds. The fraction of sp³-hybridized carbons (Fsp3) is 0.889. The molecule has 1 aliphatic heterocycles. The fourth-order valence-corrected chi connectivity index (χ4v) is 1.34. The van der Waals surface area contributed by atoms with Gasteiger partial charge in [-0.05, 0) is 6.92 Å². The second-order valence-corrected chi connectivity index (χ2v) is 3.55. The Morgan fingerprint density at radius 3 is 3.14 bits per heavy atom. The van der Waals surface area contributed by atoms with Gasteiger partial charge in [-0.2, -0.15) is 0 Å². The summed E-state index contributed by atoms with van der Waals surface area (Å²) in [7, 11) is 0. The van der Waals surface area contributed by atoms with Crippen LogP contribution in [0.15, 0.2) is 0 Å². The molecule has 0 radical (unpaired) electrons. The molecule has 14 heavy (non-hydrogen) atoms. The first-order valence-electron chi connectivity index (χ1n) is 4.95. The Labute approximate surface area is 83.8 Å². The Bertz CT molecular complexity index is 181. The van der Waals surface area contributed by atoms with Crippen molar-refractivity contribution >= 4 is 5.91 Å². The Hall–Kier alpha value is -0.650. The van der Waals surface area contributed by atoms with E-state index in [2.05, 4.69) is 10.6 Å². The summed E-state index contributed by atoms with van der Waals surface area (Å²) in [5.74, 6) is -0.0692. The van der Waals surface area contributed by atoms with E-state index >= 15 is 0 Å². The van der Waals surface area contributed by atoms with Gasteiger partial charge in [-0.25, -0.2) is 0 Å². The van der Waals surface area contributed by atoms with E-state index in [-0.39, 0.29) is 24.7 Å². The largest absolute Gasteiger partial charge is 0.394 e. The molecule has 0 aliphatic carbocycles. The molecule has 0 saturated carbocycles. The molecule has 1 saturated heterocycles. The third kappa shape index (κ3) is 4.04. The van der Waals surface area contributed by atoms with Crippen molar-refractivity contribution in [1.82, 2.24) is 10.6 Å². The van der Waals surface area contributed by atoms with E-state index in [4.69, 9.17) is 9.84 Å². The van der Waals surface area contributed by atoms with Crippen LogP contribution < -0.4 is 10.6 Å². The van der Waals surface area contributed by atoms with Gasteiger partial charge in [0.15, 0.2) is 0 Å². The van der Waals surface area contributed by atoms with E-state index in [1.54, 1.807) is 6.92 Å². The number of aliphatic hydroxyl groups is 1. The maximum absolute atomic E-state index is 11.4. The van der Waals surface area contributed by atoms with Crippen LogP contribution >= 0.6 is 0 Å². The Balaban J connectivity index is 2.18. The van der Waals surface area contributed by atoms with Gasteiger partial charge < -0.3 is 20.5 Å². The summed E-state index contributed by atoms with van der Waals surface area (Å²) in [4.78, 5) is 11.4. The van der Waals surface area contributed by atoms with Gasteiger partial charge in [-0.15, -0.1) is 0 Å². The number of carbonyl (C=O) groups is 1. The average Bonchev–Trinajstić information content (AvgIpc) is 2.19. The highest BCUT2D eigenvalue weighted by molar-refractivity contribution is 5.76. The van der Waals surface area contributed by atoms with E-state index in [1.165, 1.54) is 0 Å². The van der Waals surface area contributed by atoms with Gasteiger partial charge in [-0.1, -0.05) is 0 Å². The fourth-order valence-electron chi connectivity index (χ4n) is 1.34. The van der Waals surface area contributed by atoms with Gasteiger partial charge in [0.1, 0.15) is 0 Å². The lowest BCUT2D eigenvalue weighted by atomic mass is 10.2. The molecule has 1 heterocycles. The number of carbonyl (C=O) groups excluding carboxylic acids is 1. The highest BCUT2D eigenvalue weighted by Gasteiger charge is 2.17. The number of rotatable bonds is 4. The highest BCUT2D eigenvalue weighted by atomic mass is 16.5. The van der Waals surface area contributed by atoms with Crippen LogP contribution in [-0.2, 0) is 9.53 Å². The summed E-state index contributed by atoms with van der Waals surface area (Å²) in [6.45, 7) is 3.97. The molecule has 5 nitrogen and oxygen atoms in total. The first kappa shape index (κ1) is 11.4. The van der Waals surface area contributed by atoms with Crippen molar-refractivity contribution in [1.29, 1.82) is 0 Å². The second-order valence-electron chi connectivity index (χ2n) is 3.55. The van der Waals surface area contributed by atoms with Gasteiger partial charge in [-0.3, -0.25) is 4.79 Å². The van der Waals surface area contributed by atoms with Gasteiger partial charge in [0.25, 0.3) is 0 Å². The zero-order chi connectivity index (χ0) is 10.4. The number of nitrogens with one attached hydrogen (secondary N) is 2. The normalized spacial score (nSPS) is 24.3. The molecule has 82 valence electrons. The van der Waals surface area contributed by atoms with Crippen molar-refractivity contribution in [2.45, 2.75) is 25.5 Å². The van der Waals surface area contributed by atoms with Crippen molar-refractivity contribution in [2.24, 2.45) is 0 Å². The molecule has 2 atom stereocenters. The molecule has 1 rings (SSSR count). The molecular formula is C9H18N2O3. The molecule has 0 bridgehead atoms. The number of aliphatic hydroxyl groups excluding tert-OH is 1. The van der Waals surface area contributed by atoms with Crippen LogP contribution in [0.4, 0.5) is 0 Å². The minimum atomic E-state index is -0.181. The molecule has 5 heteroatoms. The monoisotopic (exact) mass is 202 g/mol. The Morgan fingerprint density at radius 1 is 1.79 bits per heavy atom. The lowest BCUT2D eigenvalue weighted by Crippen LogP contribution is -2.43. The van der Waals surface area contributed by atoms with Crippen LogP contribution in [0.25, 0.3) is 0 Å². The summed E-state index contributed by atoms with van der Waals surface area (Å²) in [6, 6.07) is -0.181. The van der Waals surface area contributed by atoms with E-state index in [1.807, 2.05) is 0 Å². The van der Waals surface area contributed by atoms with Crippen LogP contribution in [0.1, 0.15) is 13.3 Å². The summed E-state index contributed by atoms with van der Waals surface area (Å²) >= 11 is 0. The standard InChI is InChI=1S/C9H18N2O3/c1-7(6-12)11-9(13)4-8-5-10-2-3-14-8/h7-8,10,12H,2-6H2,1H3,(H,11,13). The topological polar surface area (TPSA) is 70.6 Å². The molecule has 0 spiro atoms. The van der Waals surface area contributed by atoms with Crippen LogP contribution in [0.2, 0.25) is 0 Å². The lowest BCUT2D eigenvalue weighted by molar-refractivity contribution is -0.125. The minimum Gasteiger partial charge on any atom is -0.394 e. The molecular weight excluding hydrogens is 184 g/mol. The summed E-state index contributed by atoms with van der Waals surface area (Å²) in [5.41, 5.74) is 0. The summed E-state index contributed by atoms with van der Waals surface area (Å²) in [6.07, 6.45) is 0.326. The van der Waals surface area contributed by atoms with Gasteiger partial charge in [0.05, 0.1) is 25.7 Å². The number of hydrogen-bond acceptors (Lipinski definition) is 4. The first-order chi connectivity index (χ1) is 6.72. The van der Waals surface area contributed by atoms with Gasteiger partial charge >= 0.3 is 0 Å². The molecule has 1 aliphatic rings. The van der Waals surface area contributed by atoms with Crippen molar-refractivity contribution < 1.29 is 14.6 Å². The Morgan fingerprint density at radius 2 is 2.57 bits per heavy atom. The number of hydrogen-bond donors (Lipinski definition) is 3. The smallest absolute Gasteiger partial charge is 0.222 e. The van der Waals surface area contributed by atoms with Crippen molar-refractivity contribution in [3.63, 3.8) is 0 Å². The number of amides is 1. The van der Waals surface area contributed by atoms with Crippen molar-refractivity contribution in [3.8, 4) is 0 Å². The third-order valence-corrected chi connectivity index (χ3v) is 2.10. The quantitative estimate of drug-likeness (QED) is 0.539. The maximum atomic E-state index is 11.4. The predicted octanol–water partition coefficient (Wildman–Crippen LogP) is -1.14. The lowest BCUT2D eigenvalue weighted by Gasteiger charge is -2.23. The molecule has 3 N–H and O–H groups in total. The summed E-state index contributed by atoms with van der Waals surface area (Å²) < 4.78 is 5.38. The molecule has 0 aromatic carbocycles. The van der Waals surface area contributed by atoms with Gasteiger partial charge in [0.2, 0.25) is 5.91 Å². The zero-order valence-corrected chi connectivity index (χ0v) is 8.45. The SMILES string of the molecule is CC(CO)NC(=O)CC1CNCCO1. The zero-order valence-electron chi connectivity index (χ0n) is 8.45. The Kier molecular flexibility index (Phi) is 4.86. The number of ether oxygens (including phenoxy) is 1. The maximum Gasteiger partial charge on any atom is 0.222 e. The van der Waals surface area contributed by atoms with E-state index in [9.17, 15) is 4.79 Å². The number of morpholine rings is 1. The average molecular weight is 202 g/mol. The molecule has 0 aromatic rings. The third-order valence-electron chi connectivity index (χ3n) is 2.10. The second kappa shape index (κ2) is 5.95. The van der Waals surface area contributed by atoms with Crippen LogP contribution in [0.3, 0.4) is 0 Å².